The van der Waals surface area contributed by atoms with Crippen molar-refractivity contribution in [3.05, 3.63) is 36.0 Å². The summed E-state index contributed by atoms with van der Waals surface area (Å²) in [6, 6.07) is 9.16. The number of nitriles is 1. The molecule has 106 valence electrons. The number of halogens is 2. The first-order chi connectivity index (χ1) is 9.97. The van der Waals surface area contributed by atoms with Gasteiger partial charge in [0.05, 0.1) is 5.69 Å². The molecule has 0 saturated carbocycles. The van der Waals surface area contributed by atoms with Crippen LogP contribution in [-0.2, 0) is 0 Å². The molecule has 0 aliphatic carbocycles. The Morgan fingerprint density at radius 2 is 1.95 bits per heavy atom. The number of hydrogen-bond acceptors (Lipinski definition) is 6. The van der Waals surface area contributed by atoms with Crippen molar-refractivity contribution in [2.75, 3.05) is 11.1 Å². The maximum Gasteiger partial charge on any atom is 0.586 e. The predicted molar refractivity (Wildman–Crippen MR) is 69.3 cm³/mol. The Morgan fingerprint density at radius 1 is 1.19 bits per heavy atom. The van der Waals surface area contributed by atoms with Crippen LogP contribution < -0.4 is 20.5 Å². The molecule has 0 fully saturated rings. The lowest BCUT2D eigenvalue weighted by Crippen LogP contribution is -2.25. The molecule has 1 aliphatic rings. The van der Waals surface area contributed by atoms with Gasteiger partial charge < -0.3 is 20.5 Å². The van der Waals surface area contributed by atoms with Gasteiger partial charge in [-0.2, -0.15) is 5.26 Å². The van der Waals surface area contributed by atoms with E-state index in [1.165, 1.54) is 24.3 Å². The first-order valence-electron chi connectivity index (χ1n) is 5.80. The zero-order valence-electron chi connectivity index (χ0n) is 10.4. The molecule has 6 nitrogen and oxygen atoms in total. The number of anilines is 3. The fraction of sp³-hybridized carbons (Fsp3) is 0.0769. The van der Waals surface area contributed by atoms with Crippen LogP contribution >= 0.6 is 0 Å². The van der Waals surface area contributed by atoms with Crippen molar-refractivity contribution in [2.45, 2.75) is 6.29 Å². The number of aromatic nitrogens is 1. The predicted octanol–water partition coefficient (Wildman–Crippen LogP) is 2.60. The number of alkyl halides is 2. The fourth-order valence-electron chi connectivity index (χ4n) is 1.80. The van der Waals surface area contributed by atoms with E-state index in [1.54, 1.807) is 6.07 Å². The number of nitrogens with two attached hydrogens (primary N) is 1. The molecule has 2 heterocycles. The summed E-state index contributed by atoms with van der Waals surface area (Å²) in [7, 11) is 0. The Bertz CT molecular complexity index is 758. The summed E-state index contributed by atoms with van der Waals surface area (Å²) in [5.74, 6) is 0.223. The molecule has 3 N–H and O–H groups in total. The Hall–Kier alpha value is -3.08. The topological polar surface area (TPSA) is 93.2 Å². The van der Waals surface area contributed by atoms with E-state index in [-0.39, 0.29) is 22.9 Å². The number of benzene rings is 1. The van der Waals surface area contributed by atoms with Crippen molar-refractivity contribution in [2.24, 2.45) is 0 Å². The molecule has 0 spiro atoms. The number of nitrogen functional groups attached to an aromatic ring is 1. The molecule has 0 amide bonds. The summed E-state index contributed by atoms with van der Waals surface area (Å²) in [6.45, 7) is 0. The van der Waals surface area contributed by atoms with Crippen molar-refractivity contribution in [1.29, 1.82) is 5.26 Å². The maximum absolute atomic E-state index is 12.9. The highest BCUT2D eigenvalue weighted by Crippen LogP contribution is 2.42. The van der Waals surface area contributed by atoms with E-state index in [4.69, 9.17) is 11.0 Å². The van der Waals surface area contributed by atoms with E-state index in [0.717, 1.165) is 0 Å². The van der Waals surface area contributed by atoms with E-state index in [1.807, 2.05) is 6.07 Å². The lowest BCUT2D eigenvalue weighted by atomic mass is 10.2. The Labute approximate surface area is 117 Å². The summed E-state index contributed by atoms with van der Waals surface area (Å²) in [6.07, 6.45) is -3.66. The van der Waals surface area contributed by atoms with Crippen LogP contribution in [0.5, 0.6) is 11.5 Å². The van der Waals surface area contributed by atoms with Gasteiger partial charge in [-0.05, 0) is 24.3 Å². The summed E-state index contributed by atoms with van der Waals surface area (Å²) in [5, 5.41) is 11.7. The van der Waals surface area contributed by atoms with Crippen LogP contribution in [-0.4, -0.2) is 11.3 Å². The maximum atomic E-state index is 12.9. The van der Waals surface area contributed by atoms with Crippen LogP contribution in [0, 0.1) is 11.3 Å². The summed E-state index contributed by atoms with van der Waals surface area (Å²) in [5.41, 5.74) is 6.35. The second kappa shape index (κ2) is 4.49. The number of nitrogens with zero attached hydrogens (tertiary/aromatic N) is 2. The van der Waals surface area contributed by atoms with Gasteiger partial charge in [-0.3, -0.25) is 0 Å². The zero-order chi connectivity index (χ0) is 15.0. The number of nitrogens with one attached hydrogen (secondary N) is 1. The van der Waals surface area contributed by atoms with Crippen molar-refractivity contribution < 1.29 is 18.3 Å². The van der Waals surface area contributed by atoms with E-state index < -0.39 is 6.29 Å². The monoisotopic (exact) mass is 290 g/mol. The number of rotatable bonds is 2. The largest absolute Gasteiger partial charge is 0.586 e. The van der Waals surface area contributed by atoms with Gasteiger partial charge in [0.1, 0.15) is 11.9 Å². The van der Waals surface area contributed by atoms with Crippen LogP contribution in [0.1, 0.15) is 5.69 Å². The first kappa shape index (κ1) is 12.9. The minimum Gasteiger partial charge on any atom is -0.396 e. The lowest BCUT2D eigenvalue weighted by molar-refractivity contribution is -0.286. The third-order valence-corrected chi connectivity index (χ3v) is 2.71. The molecule has 1 aliphatic heterocycles. The van der Waals surface area contributed by atoms with Gasteiger partial charge >= 0.3 is 6.29 Å². The minimum absolute atomic E-state index is 0.0477. The van der Waals surface area contributed by atoms with Gasteiger partial charge in [0.15, 0.2) is 17.2 Å². The lowest BCUT2D eigenvalue weighted by Gasteiger charge is -2.07. The average molecular weight is 290 g/mol. The molecule has 0 saturated heterocycles. The van der Waals surface area contributed by atoms with Gasteiger partial charge in [-0.15, -0.1) is 8.78 Å². The Kier molecular flexibility index (Phi) is 2.76. The molecular formula is C13H8F2N4O2. The molecule has 3 rings (SSSR count). The minimum atomic E-state index is -3.66. The number of hydrogen-bond donors (Lipinski definition) is 2. The molecule has 21 heavy (non-hydrogen) atoms. The highest BCUT2D eigenvalue weighted by molar-refractivity contribution is 5.64. The quantitative estimate of drug-likeness (QED) is 0.883. The average Bonchev–Trinajstić information content (AvgIpc) is 2.74. The van der Waals surface area contributed by atoms with Crippen molar-refractivity contribution in [1.82, 2.24) is 4.98 Å². The Balaban J connectivity index is 1.86. The van der Waals surface area contributed by atoms with E-state index in [2.05, 4.69) is 19.8 Å². The molecule has 0 radical (unpaired) electrons. The summed E-state index contributed by atoms with van der Waals surface area (Å²) >= 11 is 0. The molecule has 0 unspecified atom stereocenters. The number of ether oxygens (including phenoxy) is 2. The SMILES string of the molecule is N#Cc1nc(Nc2ccc3c(c2)OC(F)(F)O3)ccc1N. The standard InChI is InChI=1S/C13H8F2N4O2/c14-13(15)20-10-3-1-7(5-11(10)21-13)18-12-4-2-8(17)9(6-16)19-12/h1-5H,17H2,(H,18,19). The fourth-order valence-corrected chi connectivity index (χ4v) is 1.80. The van der Waals surface area contributed by atoms with Crippen molar-refractivity contribution in [3.63, 3.8) is 0 Å². The first-order valence-corrected chi connectivity index (χ1v) is 5.80. The molecule has 1 aromatic heterocycles. The second-order valence-corrected chi connectivity index (χ2v) is 4.20. The third-order valence-electron chi connectivity index (χ3n) is 2.71. The van der Waals surface area contributed by atoms with Crippen LogP contribution in [0.15, 0.2) is 30.3 Å². The summed E-state index contributed by atoms with van der Waals surface area (Å²) < 4.78 is 34.5. The van der Waals surface area contributed by atoms with Crippen LogP contribution in [0.25, 0.3) is 0 Å². The highest BCUT2D eigenvalue weighted by Gasteiger charge is 2.43. The number of pyridine rings is 1. The van der Waals surface area contributed by atoms with Crippen molar-refractivity contribution in [3.8, 4) is 17.6 Å². The zero-order valence-corrected chi connectivity index (χ0v) is 10.4. The molecule has 1 aromatic carbocycles. The molecule has 0 atom stereocenters. The van der Waals surface area contributed by atoms with E-state index in [0.29, 0.717) is 11.5 Å². The van der Waals surface area contributed by atoms with E-state index in [9.17, 15) is 8.78 Å². The third kappa shape index (κ3) is 2.49. The van der Waals surface area contributed by atoms with Crippen LogP contribution in [0.3, 0.4) is 0 Å². The molecule has 0 bridgehead atoms. The van der Waals surface area contributed by atoms with Gasteiger partial charge in [0.2, 0.25) is 0 Å². The smallest absolute Gasteiger partial charge is 0.396 e. The van der Waals surface area contributed by atoms with Gasteiger partial charge in [-0.25, -0.2) is 4.98 Å². The van der Waals surface area contributed by atoms with E-state index >= 15 is 0 Å². The second-order valence-electron chi connectivity index (χ2n) is 4.20. The van der Waals surface area contributed by atoms with Gasteiger partial charge in [0, 0.05) is 11.8 Å². The van der Waals surface area contributed by atoms with Gasteiger partial charge in [0.25, 0.3) is 0 Å². The van der Waals surface area contributed by atoms with Gasteiger partial charge in [-0.1, -0.05) is 0 Å². The molecule has 8 heteroatoms. The molecular weight excluding hydrogens is 282 g/mol. The van der Waals surface area contributed by atoms with Crippen LogP contribution in [0.2, 0.25) is 0 Å². The number of fused-ring (bicyclic) bond motifs is 1. The normalized spacial score (nSPS) is 14.5. The highest BCUT2D eigenvalue weighted by atomic mass is 19.3. The Morgan fingerprint density at radius 3 is 2.71 bits per heavy atom. The van der Waals surface area contributed by atoms with Crippen LogP contribution in [0.4, 0.5) is 26.0 Å². The van der Waals surface area contributed by atoms with Crippen molar-refractivity contribution >= 4 is 17.2 Å². The summed E-state index contributed by atoms with van der Waals surface area (Å²) in [4.78, 5) is 3.99. The molecule has 2 aromatic rings.